The zero-order chi connectivity index (χ0) is 35.4. The van der Waals surface area contributed by atoms with Gasteiger partial charge in [-0.2, -0.15) is 0 Å². The number of aliphatic hydroxyl groups is 3. The molecule has 0 aliphatic carbocycles. The molecular weight excluding hydrogens is 604 g/mol. The highest BCUT2D eigenvalue weighted by atomic mass is 16.7. The van der Waals surface area contributed by atoms with Crippen molar-refractivity contribution >= 4 is 11.9 Å². The zero-order valence-corrected chi connectivity index (χ0v) is 30.8. The SMILES string of the molecule is CCCCC/C=C\C/C=C\CCCCCCCC(=O)OC(OC(=O)CCCCCCC/C=C\C/C=C\CCCCC)C(CO)(CO)CO. The largest absolute Gasteiger partial charge is 0.424 e. The van der Waals surface area contributed by atoms with Crippen LogP contribution in [0.3, 0.4) is 0 Å². The van der Waals surface area contributed by atoms with E-state index in [9.17, 15) is 24.9 Å². The van der Waals surface area contributed by atoms with Crippen LogP contribution < -0.4 is 0 Å². The van der Waals surface area contributed by atoms with E-state index >= 15 is 0 Å². The third kappa shape index (κ3) is 26.7. The third-order valence-electron chi connectivity index (χ3n) is 8.58. The molecule has 0 aromatic heterocycles. The van der Waals surface area contributed by atoms with Crippen LogP contribution in [-0.2, 0) is 19.1 Å². The molecule has 0 aliphatic heterocycles. The molecule has 0 amide bonds. The second kappa shape index (κ2) is 34.6. The minimum absolute atomic E-state index is 0.141. The second-order valence-electron chi connectivity index (χ2n) is 13.1. The first-order valence-electron chi connectivity index (χ1n) is 19.3. The van der Waals surface area contributed by atoms with E-state index in [-0.39, 0.29) is 12.8 Å². The molecule has 0 aromatic rings. The van der Waals surface area contributed by atoms with E-state index in [2.05, 4.69) is 62.5 Å². The second-order valence-corrected chi connectivity index (χ2v) is 13.1. The van der Waals surface area contributed by atoms with Gasteiger partial charge in [-0.25, -0.2) is 0 Å². The predicted octanol–water partition coefficient (Wildman–Crippen LogP) is 9.99. The van der Waals surface area contributed by atoms with Gasteiger partial charge < -0.3 is 24.8 Å². The van der Waals surface area contributed by atoms with Crippen molar-refractivity contribution in [3.8, 4) is 0 Å². The Bertz CT molecular complexity index is 789. The van der Waals surface area contributed by atoms with Crippen LogP contribution >= 0.6 is 0 Å². The normalized spacial score (nSPS) is 12.5. The van der Waals surface area contributed by atoms with Crippen molar-refractivity contribution in [2.75, 3.05) is 19.8 Å². The maximum atomic E-state index is 12.6. The molecule has 0 bridgehead atoms. The lowest BCUT2D eigenvalue weighted by atomic mass is 9.90. The summed E-state index contributed by atoms with van der Waals surface area (Å²) < 4.78 is 10.8. The summed E-state index contributed by atoms with van der Waals surface area (Å²) in [6, 6.07) is 0. The molecule has 0 fully saturated rings. The van der Waals surface area contributed by atoms with Crippen LogP contribution in [0.1, 0.15) is 168 Å². The van der Waals surface area contributed by atoms with Gasteiger partial charge in [0.25, 0.3) is 6.29 Å². The van der Waals surface area contributed by atoms with Gasteiger partial charge in [0.15, 0.2) is 0 Å². The summed E-state index contributed by atoms with van der Waals surface area (Å²) >= 11 is 0. The van der Waals surface area contributed by atoms with Gasteiger partial charge >= 0.3 is 11.9 Å². The molecule has 278 valence electrons. The van der Waals surface area contributed by atoms with Gasteiger partial charge in [-0.15, -0.1) is 0 Å². The molecular formula is C41H72O7. The highest BCUT2D eigenvalue weighted by molar-refractivity contribution is 5.71. The number of carbonyl (C=O) groups is 2. The lowest BCUT2D eigenvalue weighted by molar-refractivity contribution is -0.230. The standard InChI is InChI=1S/C41H72O7/c1-3-5-7-9-11-13-15-17-19-21-23-25-27-29-31-33-38(45)47-40(41(35-42,36-43)37-44)48-39(46)34-32-30-28-26-24-22-20-18-16-14-12-10-8-6-4-2/h11-14,17-20,40,42-44H,3-10,15-16,21-37H2,1-2H3/b13-11-,14-12-,19-17-,20-18-. The number of unbranched alkanes of at least 4 members (excludes halogenated alkanes) is 16. The lowest BCUT2D eigenvalue weighted by Crippen LogP contribution is -2.49. The number of allylic oxidation sites excluding steroid dienone is 8. The molecule has 48 heavy (non-hydrogen) atoms. The number of carbonyl (C=O) groups excluding carboxylic acids is 2. The monoisotopic (exact) mass is 677 g/mol. The van der Waals surface area contributed by atoms with Crippen molar-refractivity contribution in [3.05, 3.63) is 48.6 Å². The van der Waals surface area contributed by atoms with Crippen molar-refractivity contribution in [1.82, 2.24) is 0 Å². The number of rotatable bonds is 34. The Labute approximate surface area is 294 Å². The Morgan fingerprint density at radius 1 is 0.479 bits per heavy atom. The Hall–Kier alpha value is -2.22. The first-order chi connectivity index (χ1) is 23.5. The van der Waals surface area contributed by atoms with Gasteiger partial charge in [-0.1, -0.05) is 127 Å². The molecule has 0 heterocycles. The lowest BCUT2D eigenvalue weighted by Gasteiger charge is -2.34. The molecule has 0 aromatic carbocycles. The van der Waals surface area contributed by atoms with Crippen LogP contribution in [0.2, 0.25) is 0 Å². The minimum Gasteiger partial charge on any atom is -0.424 e. The molecule has 3 N–H and O–H groups in total. The van der Waals surface area contributed by atoms with Crippen molar-refractivity contribution in [1.29, 1.82) is 0 Å². The Morgan fingerprint density at radius 3 is 1.12 bits per heavy atom. The topological polar surface area (TPSA) is 113 Å². The van der Waals surface area contributed by atoms with E-state index in [1.54, 1.807) is 0 Å². The Kier molecular flexibility index (Phi) is 33.0. The summed E-state index contributed by atoms with van der Waals surface area (Å²) in [5, 5.41) is 29.7. The van der Waals surface area contributed by atoms with E-state index in [0.29, 0.717) is 12.8 Å². The smallest absolute Gasteiger partial charge is 0.308 e. The third-order valence-corrected chi connectivity index (χ3v) is 8.58. The molecule has 0 aliphatic rings. The summed E-state index contributed by atoms with van der Waals surface area (Å²) in [5.41, 5.74) is -1.66. The van der Waals surface area contributed by atoms with E-state index in [1.165, 1.54) is 51.4 Å². The fraction of sp³-hybridized carbons (Fsp3) is 0.756. The summed E-state index contributed by atoms with van der Waals surface area (Å²) in [6.45, 7) is 2.35. The van der Waals surface area contributed by atoms with Crippen molar-refractivity contribution in [3.63, 3.8) is 0 Å². The highest BCUT2D eigenvalue weighted by Gasteiger charge is 2.43. The fourth-order valence-corrected chi connectivity index (χ4v) is 5.17. The molecule has 0 unspecified atom stereocenters. The maximum absolute atomic E-state index is 12.6. The number of hydrogen-bond donors (Lipinski definition) is 3. The average molecular weight is 677 g/mol. The van der Waals surface area contributed by atoms with Crippen LogP contribution in [0.5, 0.6) is 0 Å². The Morgan fingerprint density at radius 2 is 0.792 bits per heavy atom. The van der Waals surface area contributed by atoms with Gasteiger partial charge in [0.1, 0.15) is 5.41 Å². The molecule has 0 radical (unpaired) electrons. The number of hydrogen-bond acceptors (Lipinski definition) is 7. The number of ether oxygens (including phenoxy) is 2. The summed E-state index contributed by atoms with van der Waals surface area (Å²) in [4.78, 5) is 25.2. The molecule has 0 atom stereocenters. The minimum atomic E-state index is -1.66. The van der Waals surface area contributed by atoms with Crippen molar-refractivity contribution < 1.29 is 34.4 Å². The fourth-order valence-electron chi connectivity index (χ4n) is 5.17. The van der Waals surface area contributed by atoms with E-state index in [1.807, 2.05) is 0 Å². The summed E-state index contributed by atoms with van der Waals surface area (Å²) in [6.07, 6.45) is 40.2. The van der Waals surface area contributed by atoms with Crippen molar-refractivity contribution in [2.45, 2.75) is 174 Å². The van der Waals surface area contributed by atoms with E-state index < -0.39 is 43.5 Å². The molecule has 0 spiro atoms. The summed E-state index contributed by atoms with van der Waals surface area (Å²) in [5.74, 6) is -1.15. The molecule has 7 nitrogen and oxygen atoms in total. The molecule has 0 saturated heterocycles. The van der Waals surface area contributed by atoms with Crippen LogP contribution in [0, 0.1) is 5.41 Å². The van der Waals surface area contributed by atoms with Crippen molar-refractivity contribution in [2.24, 2.45) is 5.41 Å². The van der Waals surface area contributed by atoms with Gasteiger partial charge in [-0.3, -0.25) is 9.59 Å². The first kappa shape index (κ1) is 45.8. The van der Waals surface area contributed by atoms with Crippen LogP contribution in [-0.4, -0.2) is 53.4 Å². The predicted molar refractivity (Wildman–Crippen MR) is 198 cm³/mol. The molecule has 0 saturated carbocycles. The van der Waals surface area contributed by atoms with E-state index in [0.717, 1.165) is 77.0 Å². The molecule has 0 rings (SSSR count). The average Bonchev–Trinajstić information content (AvgIpc) is 3.09. The number of aliphatic hydroxyl groups excluding tert-OH is 3. The van der Waals surface area contributed by atoms with Crippen LogP contribution in [0.4, 0.5) is 0 Å². The van der Waals surface area contributed by atoms with Gasteiger partial charge in [-0.05, 0) is 77.0 Å². The van der Waals surface area contributed by atoms with Crippen LogP contribution in [0.15, 0.2) is 48.6 Å². The zero-order valence-electron chi connectivity index (χ0n) is 30.8. The maximum Gasteiger partial charge on any atom is 0.308 e. The summed E-state index contributed by atoms with van der Waals surface area (Å²) in [7, 11) is 0. The van der Waals surface area contributed by atoms with E-state index in [4.69, 9.17) is 9.47 Å². The van der Waals surface area contributed by atoms with Gasteiger partial charge in [0.05, 0.1) is 19.8 Å². The number of esters is 2. The van der Waals surface area contributed by atoms with Gasteiger partial charge in [0.2, 0.25) is 0 Å². The quantitative estimate of drug-likeness (QED) is 0.0269. The first-order valence-corrected chi connectivity index (χ1v) is 19.3. The van der Waals surface area contributed by atoms with Gasteiger partial charge in [0, 0.05) is 12.8 Å². The van der Waals surface area contributed by atoms with Crippen LogP contribution in [0.25, 0.3) is 0 Å². The highest BCUT2D eigenvalue weighted by Crippen LogP contribution is 2.26. The Balaban J connectivity index is 4.24. The molecule has 7 heteroatoms.